The molecule has 1 heterocycles. The molecule has 0 radical (unpaired) electrons. The van der Waals surface area contributed by atoms with E-state index < -0.39 is 22.8 Å². The van der Waals surface area contributed by atoms with E-state index in [0.29, 0.717) is 16.8 Å². The van der Waals surface area contributed by atoms with Crippen molar-refractivity contribution in [2.45, 2.75) is 33.8 Å². The van der Waals surface area contributed by atoms with E-state index >= 15 is 0 Å². The standard InChI is InChI=1S/C20H20N2O6/c1-11-18(13(3)23)12(2)21-19(11)20(25)14(4)28-17(24)10-9-15-7-5-6-8-16(15)22(26)27/h5-10,14,21H,1-4H3/b10-9+/t14-/m1/s1. The van der Waals surface area contributed by atoms with Crippen LogP contribution in [-0.4, -0.2) is 33.5 Å². The molecule has 2 rings (SSSR count). The van der Waals surface area contributed by atoms with Gasteiger partial charge in [0.15, 0.2) is 11.9 Å². The summed E-state index contributed by atoms with van der Waals surface area (Å²) in [6, 6.07) is 5.93. The van der Waals surface area contributed by atoms with Gasteiger partial charge in [-0.2, -0.15) is 0 Å². The second-order valence-corrected chi connectivity index (χ2v) is 6.27. The maximum atomic E-state index is 12.6. The predicted molar refractivity (Wildman–Crippen MR) is 102 cm³/mol. The largest absolute Gasteiger partial charge is 0.451 e. The Morgan fingerprint density at radius 3 is 2.43 bits per heavy atom. The average Bonchev–Trinajstić information content (AvgIpc) is 2.93. The lowest BCUT2D eigenvalue weighted by Gasteiger charge is -2.10. The zero-order valence-corrected chi connectivity index (χ0v) is 15.9. The number of hydrogen-bond acceptors (Lipinski definition) is 6. The number of aromatic amines is 1. The van der Waals surface area contributed by atoms with E-state index in [1.54, 1.807) is 19.9 Å². The molecule has 0 saturated carbocycles. The molecule has 1 N–H and O–H groups in total. The van der Waals surface area contributed by atoms with Crippen molar-refractivity contribution in [2.75, 3.05) is 0 Å². The number of nitro benzene ring substituents is 1. The highest BCUT2D eigenvalue weighted by Gasteiger charge is 2.25. The first-order chi connectivity index (χ1) is 13.1. The number of ketones is 2. The van der Waals surface area contributed by atoms with Crippen molar-refractivity contribution in [3.63, 3.8) is 0 Å². The van der Waals surface area contributed by atoms with E-state index in [-0.39, 0.29) is 22.7 Å². The summed E-state index contributed by atoms with van der Waals surface area (Å²) >= 11 is 0. The third-order valence-corrected chi connectivity index (χ3v) is 4.23. The van der Waals surface area contributed by atoms with E-state index in [9.17, 15) is 24.5 Å². The van der Waals surface area contributed by atoms with Crippen LogP contribution in [-0.2, 0) is 9.53 Å². The maximum absolute atomic E-state index is 12.6. The number of hydrogen-bond donors (Lipinski definition) is 1. The molecule has 1 atom stereocenters. The highest BCUT2D eigenvalue weighted by molar-refractivity contribution is 6.05. The third kappa shape index (κ3) is 4.40. The number of ether oxygens (including phenoxy) is 1. The van der Waals surface area contributed by atoms with Crippen molar-refractivity contribution in [1.29, 1.82) is 0 Å². The maximum Gasteiger partial charge on any atom is 0.331 e. The van der Waals surface area contributed by atoms with Crippen LogP contribution in [0, 0.1) is 24.0 Å². The zero-order valence-electron chi connectivity index (χ0n) is 15.9. The normalized spacial score (nSPS) is 12.0. The Morgan fingerprint density at radius 2 is 1.86 bits per heavy atom. The molecule has 0 bridgehead atoms. The molecule has 0 saturated heterocycles. The Morgan fingerprint density at radius 1 is 1.21 bits per heavy atom. The van der Waals surface area contributed by atoms with Gasteiger partial charge >= 0.3 is 5.97 Å². The third-order valence-electron chi connectivity index (χ3n) is 4.23. The Balaban J connectivity index is 2.13. The van der Waals surface area contributed by atoms with Crippen LogP contribution in [0.2, 0.25) is 0 Å². The van der Waals surface area contributed by atoms with E-state index in [2.05, 4.69) is 4.98 Å². The Kier molecular flexibility index (Phi) is 6.25. The minimum Gasteiger partial charge on any atom is -0.451 e. The molecule has 1 aromatic heterocycles. The van der Waals surface area contributed by atoms with Crippen molar-refractivity contribution >= 4 is 29.3 Å². The smallest absolute Gasteiger partial charge is 0.331 e. The number of para-hydroxylation sites is 1. The first-order valence-electron chi connectivity index (χ1n) is 8.50. The topological polar surface area (TPSA) is 119 Å². The highest BCUT2D eigenvalue weighted by Crippen LogP contribution is 2.21. The number of rotatable bonds is 7. The zero-order chi connectivity index (χ0) is 21.0. The van der Waals surface area contributed by atoms with Gasteiger partial charge in [-0.05, 0) is 45.4 Å². The van der Waals surface area contributed by atoms with Gasteiger partial charge in [0.2, 0.25) is 5.78 Å². The van der Waals surface area contributed by atoms with Gasteiger partial charge in [0.25, 0.3) is 5.69 Å². The highest BCUT2D eigenvalue weighted by atomic mass is 16.6. The molecule has 0 aliphatic carbocycles. The number of benzene rings is 1. The fourth-order valence-corrected chi connectivity index (χ4v) is 2.95. The summed E-state index contributed by atoms with van der Waals surface area (Å²) in [6.45, 7) is 6.17. The number of esters is 1. The SMILES string of the molecule is CC(=O)c1c(C)[nH]c(C(=O)[C@@H](C)OC(=O)/C=C/c2ccccc2[N+](=O)[O-])c1C. The number of nitrogens with one attached hydrogen (secondary N) is 1. The number of Topliss-reactive ketones (excluding diaryl/α,β-unsaturated/α-hetero) is 2. The lowest BCUT2D eigenvalue weighted by molar-refractivity contribution is -0.385. The number of aryl methyl sites for hydroxylation is 1. The van der Waals surface area contributed by atoms with Gasteiger partial charge in [0.05, 0.1) is 16.2 Å². The summed E-state index contributed by atoms with van der Waals surface area (Å²) in [5.41, 5.74) is 1.83. The molecule has 0 amide bonds. The first-order valence-corrected chi connectivity index (χ1v) is 8.50. The molecule has 146 valence electrons. The summed E-state index contributed by atoms with van der Waals surface area (Å²) < 4.78 is 5.10. The molecule has 2 aromatic rings. The van der Waals surface area contributed by atoms with Gasteiger partial charge in [-0.3, -0.25) is 19.7 Å². The van der Waals surface area contributed by atoms with Gasteiger partial charge in [0, 0.05) is 23.4 Å². The van der Waals surface area contributed by atoms with Crippen molar-refractivity contribution in [1.82, 2.24) is 4.98 Å². The molecule has 8 heteroatoms. The molecular formula is C20H20N2O6. The molecule has 0 aliphatic heterocycles. The van der Waals surface area contributed by atoms with Crippen LogP contribution in [0.25, 0.3) is 6.08 Å². The van der Waals surface area contributed by atoms with Crippen molar-refractivity contribution in [3.05, 3.63) is 68.5 Å². The fraction of sp³-hybridized carbons (Fsp3) is 0.250. The lowest BCUT2D eigenvalue weighted by Crippen LogP contribution is -2.24. The summed E-state index contributed by atoms with van der Waals surface area (Å²) in [5.74, 6) is -1.45. The lowest BCUT2D eigenvalue weighted by atomic mass is 10.0. The molecule has 0 fully saturated rings. The minimum absolute atomic E-state index is 0.148. The van der Waals surface area contributed by atoms with Crippen molar-refractivity contribution < 1.29 is 24.0 Å². The summed E-state index contributed by atoms with van der Waals surface area (Å²) in [5, 5.41) is 11.0. The van der Waals surface area contributed by atoms with E-state index in [0.717, 1.165) is 6.08 Å². The monoisotopic (exact) mass is 384 g/mol. The molecular weight excluding hydrogens is 364 g/mol. The predicted octanol–water partition coefficient (Wildman–Crippen LogP) is 3.57. The second-order valence-electron chi connectivity index (χ2n) is 6.27. The van der Waals surface area contributed by atoms with Crippen LogP contribution in [0.1, 0.15) is 51.5 Å². The van der Waals surface area contributed by atoms with Crippen LogP contribution in [0.3, 0.4) is 0 Å². The molecule has 0 aliphatic rings. The fourth-order valence-electron chi connectivity index (χ4n) is 2.95. The quantitative estimate of drug-likeness (QED) is 0.256. The minimum atomic E-state index is -1.10. The average molecular weight is 384 g/mol. The van der Waals surface area contributed by atoms with Gasteiger partial charge in [-0.25, -0.2) is 4.79 Å². The molecule has 28 heavy (non-hydrogen) atoms. The number of nitro groups is 1. The van der Waals surface area contributed by atoms with Gasteiger partial charge in [0.1, 0.15) is 0 Å². The van der Waals surface area contributed by atoms with Gasteiger partial charge in [-0.1, -0.05) is 12.1 Å². The molecule has 0 unspecified atom stereocenters. The number of nitrogens with zero attached hydrogens (tertiary/aromatic N) is 1. The number of carbonyl (C=O) groups excluding carboxylic acids is 3. The number of carbonyl (C=O) groups is 3. The van der Waals surface area contributed by atoms with Crippen molar-refractivity contribution in [2.24, 2.45) is 0 Å². The van der Waals surface area contributed by atoms with Crippen molar-refractivity contribution in [3.8, 4) is 0 Å². The van der Waals surface area contributed by atoms with Crippen LogP contribution in [0.4, 0.5) is 5.69 Å². The van der Waals surface area contributed by atoms with E-state index in [1.807, 2.05) is 0 Å². The summed E-state index contributed by atoms with van der Waals surface area (Å²) in [4.78, 5) is 49.6. The Labute approximate surface area is 161 Å². The summed E-state index contributed by atoms with van der Waals surface area (Å²) in [6.07, 6.45) is 1.19. The second kappa shape index (κ2) is 8.43. The van der Waals surface area contributed by atoms with E-state index in [1.165, 1.54) is 38.1 Å². The van der Waals surface area contributed by atoms with Gasteiger partial charge < -0.3 is 9.72 Å². The number of aromatic nitrogens is 1. The molecule has 8 nitrogen and oxygen atoms in total. The Bertz CT molecular complexity index is 987. The Hall–Kier alpha value is -3.55. The number of H-pyrrole nitrogens is 1. The summed E-state index contributed by atoms with van der Waals surface area (Å²) in [7, 11) is 0. The van der Waals surface area contributed by atoms with Crippen LogP contribution in [0.5, 0.6) is 0 Å². The molecule has 0 spiro atoms. The van der Waals surface area contributed by atoms with Crippen LogP contribution < -0.4 is 0 Å². The van der Waals surface area contributed by atoms with Crippen LogP contribution >= 0.6 is 0 Å². The first kappa shape index (κ1) is 20.8. The van der Waals surface area contributed by atoms with Gasteiger partial charge in [-0.15, -0.1) is 0 Å². The van der Waals surface area contributed by atoms with Crippen LogP contribution in [0.15, 0.2) is 30.3 Å². The molecule has 1 aromatic carbocycles. The van der Waals surface area contributed by atoms with E-state index in [4.69, 9.17) is 4.74 Å².